The van der Waals surface area contributed by atoms with Crippen LogP contribution < -0.4 is 21.6 Å². The Kier molecular flexibility index (Phi) is 7.66. The maximum absolute atomic E-state index is 13.8. The standard InChI is InChI=1S/C33H36N4O8/c1-17-11-22(39)29-24(42-17)16-23-20(30(29)40)15-26(32(2,3)44-23)43-31(41)33(8-4-10-38)25(45-33)6-5-18-12-21(37-28(35)13-18)19-7-9-36-27(34)14-19/h7,9,11-14,16,25-26,38,40H,4-6,8,10,15H2,1-3H3,(H2,34,36)(H2,35,37)/t25-,26-,33+/m1/s1. The summed E-state index contributed by atoms with van der Waals surface area (Å²) in [6.45, 7) is 5.11. The van der Waals surface area contributed by atoms with E-state index in [0.29, 0.717) is 53.7 Å². The number of aliphatic hydroxyl groups excluding tert-OH is 1. The second-order valence-electron chi connectivity index (χ2n) is 12.2. The molecule has 0 amide bonds. The van der Waals surface area contributed by atoms with Gasteiger partial charge in [0.25, 0.3) is 0 Å². The quantitative estimate of drug-likeness (QED) is 0.158. The number of fused-ring (bicyclic) bond motifs is 2. The highest BCUT2D eigenvalue weighted by Crippen LogP contribution is 2.47. The number of hydrogen-bond donors (Lipinski definition) is 4. The van der Waals surface area contributed by atoms with E-state index in [1.54, 1.807) is 51.2 Å². The van der Waals surface area contributed by atoms with E-state index in [1.165, 1.54) is 6.07 Å². The molecule has 0 unspecified atom stereocenters. The van der Waals surface area contributed by atoms with Crippen LogP contribution in [0.3, 0.4) is 0 Å². The fourth-order valence-corrected chi connectivity index (χ4v) is 6.09. The Morgan fingerprint density at radius 2 is 1.96 bits per heavy atom. The number of esters is 1. The third-order valence-electron chi connectivity index (χ3n) is 8.51. The lowest BCUT2D eigenvalue weighted by molar-refractivity contribution is -0.168. The molecule has 0 spiro atoms. The zero-order valence-corrected chi connectivity index (χ0v) is 25.3. The van der Waals surface area contributed by atoms with Crippen molar-refractivity contribution in [1.29, 1.82) is 0 Å². The van der Waals surface area contributed by atoms with Gasteiger partial charge in [0.15, 0.2) is 11.0 Å². The number of aryl methyl sites for hydroxylation is 2. The number of aromatic nitrogens is 2. The zero-order chi connectivity index (χ0) is 32.1. The minimum atomic E-state index is -1.23. The van der Waals surface area contributed by atoms with Gasteiger partial charge in [-0.2, -0.15) is 0 Å². The predicted octanol–water partition coefficient (Wildman–Crippen LogP) is 3.60. The van der Waals surface area contributed by atoms with E-state index >= 15 is 0 Å². The molecule has 12 heteroatoms. The summed E-state index contributed by atoms with van der Waals surface area (Å²) in [6, 6.07) is 10.1. The summed E-state index contributed by atoms with van der Waals surface area (Å²) in [6.07, 6.45) is 2.13. The van der Waals surface area contributed by atoms with Crippen LogP contribution >= 0.6 is 0 Å². The molecule has 2 aliphatic heterocycles. The van der Waals surface area contributed by atoms with Gasteiger partial charge in [-0.3, -0.25) is 4.79 Å². The Hall–Kier alpha value is -4.68. The van der Waals surface area contributed by atoms with Crippen molar-refractivity contribution in [3.05, 3.63) is 69.7 Å². The molecule has 1 saturated heterocycles. The van der Waals surface area contributed by atoms with E-state index in [1.807, 2.05) is 6.07 Å². The second kappa shape index (κ2) is 11.4. The van der Waals surface area contributed by atoms with E-state index in [-0.39, 0.29) is 41.6 Å². The fourth-order valence-electron chi connectivity index (χ4n) is 6.09. The summed E-state index contributed by atoms with van der Waals surface area (Å²) < 4.78 is 24.0. The number of anilines is 2. The van der Waals surface area contributed by atoms with Gasteiger partial charge in [0.1, 0.15) is 51.6 Å². The topological polar surface area (TPSA) is 197 Å². The van der Waals surface area contributed by atoms with E-state index < -0.39 is 29.4 Å². The first-order chi connectivity index (χ1) is 21.4. The number of phenolic OH excluding ortho intramolecular Hbond substituents is 1. The SMILES string of the molecule is Cc1cc(=O)c2c(O)c3c(cc2o1)OC(C)(C)[C@H](OC(=O)[C@@]1(CCCO)O[C@@H]1CCc1cc(N)nc(-c2ccnc(N)c2)c1)C3. The summed E-state index contributed by atoms with van der Waals surface area (Å²) in [7, 11) is 0. The van der Waals surface area contributed by atoms with Gasteiger partial charge in [0.2, 0.25) is 0 Å². The van der Waals surface area contributed by atoms with Crippen molar-refractivity contribution in [2.45, 2.75) is 76.3 Å². The van der Waals surface area contributed by atoms with Crippen LogP contribution in [0.25, 0.3) is 22.2 Å². The van der Waals surface area contributed by atoms with Crippen LogP contribution in [0.1, 0.15) is 50.0 Å². The molecule has 0 aliphatic carbocycles. The third-order valence-corrected chi connectivity index (χ3v) is 8.51. The van der Waals surface area contributed by atoms with Crippen molar-refractivity contribution >= 4 is 28.6 Å². The lowest BCUT2D eigenvalue weighted by atomic mass is 9.89. The summed E-state index contributed by atoms with van der Waals surface area (Å²) in [5.74, 6) is 0.664. The van der Waals surface area contributed by atoms with E-state index in [4.69, 9.17) is 30.1 Å². The van der Waals surface area contributed by atoms with E-state index in [9.17, 15) is 19.8 Å². The highest BCUT2D eigenvalue weighted by atomic mass is 16.7. The van der Waals surface area contributed by atoms with Crippen molar-refractivity contribution < 1.29 is 33.6 Å². The number of epoxide rings is 1. The highest BCUT2D eigenvalue weighted by Gasteiger charge is 2.63. The van der Waals surface area contributed by atoms with Gasteiger partial charge in [-0.05, 0) is 76.3 Å². The number of nitrogens with zero attached hydrogens (tertiary/aromatic N) is 2. The number of carbonyl (C=O) groups is 1. The number of rotatable bonds is 9. The normalized spacial score (nSPS) is 21.6. The lowest BCUT2D eigenvalue weighted by Crippen LogP contribution is -2.50. The lowest BCUT2D eigenvalue weighted by Gasteiger charge is -2.39. The van der Waals surface area contributed by atoms with E-state index in [0.717, 1.165) is 11.1 Å². The van der Waals surface area contributed by atoms with Crippen LogP contribution in [0.4, 0.5) is 11.6 Å². The summed E-state index contributed by atoms with van der Waals surface area (Å²) in [5.41, 5.74) is 12.3. The molecule has 2 aliphatic rings. The number of hydrogen-bond acceptors (Lipinski definition) is 12. The van der Waals surface area contributed by atoms with Crippen molar-refractivity contribution in [2.75, 3.05) is 18.1 Å². The first kappa shape index (κ1) is 30.4. The number of pyridine rings is 2. The Morgan fingerprint density at radius 1 is 1.16 bits per heavy atom. The predicted molar refractivity (Wildman–Crippen MR) is 166 cm³/mol. The van der Waals surface area contributed by atoms with Gasteiger partial charge < -0.3 is 40.3 Å². The zero-order valence-electron chi connectivity index (χ0n) is 25.3. The van der Waals surface area contributed by atoms with Crippen LogP contribution in [0.15, 0.2) is 51.8 Å². The molecular formula is C33H36N4O8. The maximum atomic E-state index is 13.8. The van der Waals surface area contributed by atoms with E-state index in [2.05, 4.69) is 9.97 Å². The monoisotopic (exact) mass is 616 g/mol. The number of nitrogens with two attached hydrogens (primary N) is 2. The Labute approximate surface area is 259 Å². The second-order valence-corrected chi connectivity index (χ2v) is 12.2. The summed E-state index contributed by atoms with van der Waals surface area (Å²) >= 11 is 0. The minimum absolute atomic E-state index is 0.0463. The van der Waals surface area contributed by atoms with Gasteiger partial charge in [0, 0.05) is 42.5 Å². The van der Waals surface area contributed by atoms with Crippen LogP contribution in [0.5, 0.6) is 11.5 Å². The molecule has 0 saturated carbocycles. The highest BCUT2D eigenvalue weighted by molar-refractivity contribution is 5.87. The molecular weight excluding hydrogens is 580 g/mol. The number of nitrogen functional groups attached to an aromatic ring is 2. The molecule has 0 bridgehead atoms. The van der Waals surface area contributed by atoms with Crippen molar-refractivity contribution in [2.24, 2.45) is 0 Å². The number of carbonyl (C=O) groups excluding carboxylic acids is 1. The summed E-state index contributed by atoms with van der Waals surface area (Å²) in [5, 5.41) is 20.7. The van der Waals surface area contributed by atoms with Crippen molar-refractivity contribution in [1.82, 2.24) is 9.97 Å². The van der Waals surface area contributed by atoms with Crippen molar-refractivity contribution in [3.63, 3.8) is 0 Å². The molecule has 0 radical (unpaired) electrons. The number of ether oxygens (including phenoxy) is 3. The van der Waals surface area contributed by atoms with Gasteiger partial charge in [-0.15, -0.1) is 0 Å². The molecule has 12 nitrogen and oxygen atoms in total. The van der Waals surface area contributed by atoms with Crippen LogP contribution in [-0.2, 0) is 27.1 Å². The Balaban J connectivity index is 1.20. The Bertz CT molecular complexity index is 1850. The van der Waals surface area contributed by atoms with Gasteiger partial charge in [-0.25, -0.2) is 14.8 Å². The maximum Gasteiger partial charge on any atom is 0.341 e. The van der Waals surface area contributed by atoms with Gasteiger partial charge in [0.05, 0.1) is 11.8 Å². The van der Waals surface area contributed by atoms with Crippen LogP contribution in [-0.4, -0.2) is 56.2 Å². The first-order valence-corrected chi connectivity index (χ1v) is 14.9. The molecule has 1 aromatic carbocycles. The first-order valence-electron chi connectivity index (χ1n) is 14.9. The fraction of sp³-hybridized carbons (Fsp3) is 0.394. The van der Waals surface area contributed by atoms with Crippen LogP contribution in [0.2, 0.25) is 0 Å². The van der Waals surface area contributed by atoms with Crippen molar-refractivity contribution in [3.8, 4) is 22.8 Å². The smallest absolute Gasteiger partial charge is 0.341 e. The van der Waals surface area contributed by atoms with Gasteiger partial charge >= 0.3 is 5.97 Å². The average Bonchev–Trinajstić information content (AvgIpc) is 3.69. The molecule has 45 heavy (non-hydrogen) atoms. The minimum Gasteiger partial charge on any atom is -0.507 e. The molecule has 236 valence electrons. The molecule has 6 rings (SSSR count). The third kappa shape index (κ3) is 5.78. The molecule has 5 heterocycles. The number of benzene rings is 1. The number of aliphatic hydroxyl groups is 1. The number of phenols is 1. The molecule has 6 N–H and O–H groups in total. The largest absolute Gasteiger partial charge is 0.507 e. The summed E-state index contributed by atoms with van der Waals surface area (Å²) in [4.78, 5) is 34.9. The Morgan fingerprint density at radius 3 is 2.71 bits per heavy atom. The molecule has 3 atom stereocenters. The van der Waals surface area contributed by atoms with Crippen LogP contribution in [0, 0.1) is 6.92 Å². The van der Waals surface area contributed by atoms with Gasteiger partial charge in [-0.1, -0.05) is 0 Å². The average molecular weight is 617 g/mol. The molecule has 4 aromatic rings. The molecule has 3 aromatic heterocycles. The number of aromatic hydroxyl groups is 1. The molecule has 1 fully saturated rings.